The van der Waals surface area contributed by atoms with Gasteiger partial charge in [-0.1, -0.05) is 30.3 Å². The van der Waals surface area contributed by atoms with Gasteiger partial charge in [0.2, 0.25) is 5.91 Å². The molecule has 0 atom stereocenters. The second-order valence-corrected chi connectivity index (χ2v) is 7.06. The van der Waals surface area contributed by atoms with Gasteiger partial charge in [-0.15, -0.1) is 0 Å². The van der Waals surface area contributed by atoms with E-state index in [2.05, 4.69) is 67.9 Å². The molecular weight excluding hydrogens is 338 g/mol. The lowest BCUT2D eigenvalue weighted by Gasteiger charge is -2.29. The smallest absolute Gasteiger partial charge is 0.247 e. The molecule has 0 saturated carbocycles. The molecule has 1 amide bonds. The molecule has 0 radical (unpaired) electrons. The first-order valence-corrected chi connectivity index (χ1v) is 8.68. The summed E-state index contributed by atoms with van der Waals surface area (Å²) in [4.78, 5) is 14.3. The monoisotopic (exact) mass is 361 g/mol. The number of hydrogen-bond donors (Lipinski definition) is 0. The maximum absolute atomic E-state index is 12.4. The van der Waals surface area contributed by atoms with Crippen LogP contribution in [0.3, 0.4) is 0 Å². The highest BCUT2D eigenvalue weighted by atomic mass is 79.9. The Hall–Kier alpha value is -1.35. The lowest BCUT2D eigenvalue weighted by atomic mass is 9.92. The number of amides is 1. The van der Waals surface area contributed by atoms with E-state index in [1.54, 1.807) is 6.08 Å². The van der Waals surface area contributed by atoms with Crippen molar-refractivity contribution in [3.8, 4) is 0 Å². The molecule has 1 aliphatic rings. The zero-order valence-electron chi connectivity index (χ0n) is 13.8. The Morgan fingerprint density at radius 2 is 1.77 bits per heavy atom. The van der Waals surface area contributed by atoms with Crippen LogP contribution in [0.4, 0.5) is 0 Å². The summed E-state index contributed by atoms with van der Waals surface area (Å²) in [7, 11) is 0. The van der Waals surface area contributed by atoms with Crippen molar-refractivity contribution < 1.29 is 4.79 Å². The van der Waals surface area contributed by atoms with E-state index in [9.17, 15) is 4.79 Å². The molecule has 3 heteroatoms. The summed E-state index contributed by atoms with van der Waals surface area (Å²) in [6.45, 7) is 8.21. The number of aryl methyl sites for hydroxylation is 1. The fourth-order valence-electron chi connectivity index (χ4n) is 3.02. The molecule has 0 aliphatic heterocycles. The molecular formula is C19H24BrNO. The van der Waals surface area contributed by atoms with Crippen LogP contribution in [0, 0.1) is 0 Å². The van der Waals surface area contributed by atoms with Crippen molar-refractivity contribution in [3.05, 3.63) is 53.1 Å². The lowest BCUT2D eigenvalue weighted by Crippen LogP contribution is -2.41. The Balaban J connectivity index is 2.22. The molecule has 0 unspecified atom stereocenters. The Kier molecular flexibility index (Phi) is 5.63. The van der Waals surface area contributed by atoms with Crippen LogP contribution in [0.5, 0.6) is 0 Å². The molecule has 0 aromatic heterocycles. The fourth-order valence-corrected chi connectivity index (χ4v) is 3.74. The third kappa shape index (κ3) is 3.70. The number of hydrogen-bond acceptors (Lipinski definition) is 1. The molecule has 22 heavy (non-hydrogen) atoms. The Bertz CT molecular complexity index is 606. The maximum atomic E-state index is 12.4. The van der Waals surface area contributed by atoms with Gasteiger partial charge in [-0.3, -0.25) is 4.79 Å². The number of rotatable bonds is 4. The van der Waals surface area contributed by atoms with Crippen molar-refractivity contribution in [1.82, 2.24) is 4.90 Å². The molecule has 2 rings (SSSR count). The van der Waals surface area contributed by atoms with Gasteiger partial charge in [-0.05, 0) is 73.2 Å². The molecule has 1 aromatic rings. The Labute approximate surface area is 142 Å². The standard InChI is InChI=1S/C19H24BrNO/c1-13(2)21(14(3)4)18(22)12-11-16-10-9-15-7-5-6-8-17(15)19(16)20/h5-8,11-14H,9-10H2,1-4H3/b12-11+. The first kappa shape index (κ1) is 17.0. The van der Waals surface area contributed by atoms with Crippen LogP contribution < -0.4 is 0 Å². The maximum Gasteiger partial charge on any atom is 0.247 e. The van der Waals surface area contributed by atoms with Gasteiger partial charge in [0.05, 0.1) is 0 Å². The molecule has 2 nitrogen and oxygen atoms in total. The van der Waals surface area contributed by atoms with E-state index in [1.165, 1.54) is 16.7 Å². The number of carbonyl (C=O) groups excluding carboxylic acids is 1. The summed E-state index contributed by atoms with van der Waals surface area (Å²) in [5, 5.41) is 0. The molecule has 0 heterocycles. The zero-order valence-corrected chi connectivity index (χ0v) is 15.4. The first-order chi connectivity index (χ1) is 10.4. The molecule has 1 aromatic carbocycles. The number of fused-ring (bicyclic) bond motifs is 1. The molecule has 0 N–H and O–H groups in total. The molecule has 1 aliphatic carbocycles. The van der Waals surface area contributed by atoms with Crippen LogP contribution in [0.15, 0.2) is 42.0 Å². The minimum Gasteiger partial charge on any atom is -0.334 e. The quantitative estimate of drug-likeness (QED) is 0.695. The second kappa shape index (κ2) is 7.28. The zero-order chi connectivity index (χ0) is 16.3. The van der Waals surface area contributed by atoms with Crippen LogP contribution in [-0.2, 0) is 11.2 Å². The van der Waals surface area contributed by atoms with Gasteiger partial charge in [-0.2, -0.15) is 0 Å². The lowest BCUT2D eigenvalue weighted by molar-refractivity contribution is -0.129. The molecule has 0 bridgehead atoms. The van der Waals surface area contributed by atoms with Gasteiger partial charge < -0.3 is 4.90 Å². The van der Waals surface area contributed by atoms with Gasteiger partial charge in [0.1, 0.15) is 0 Å². The first-order valence-electron chi connectivity index (χ1n) is 7.89. The summed E-state index contributed by atoms with van der Waals surface area (Å²) in [6.07, 6.45) is 5.67. The summed E-state index contributed by atoms with van der Waals surface area (Å²) < 4.78 is 1.11. The number of allylic oxidation sites excluding steroid dienone is 2. The highest BCUT2D eigenvalue weighted by Gasteiger charge is 2.19. The molecule has 0 fully saturated rings. The van der Waals surface area contributed by atoms with Crippen LogP contribution in [-0.4, -0.2) is 22.9 Å². The van der Waals surface area contributed by atoms with Crippen molar-refractivity contribution in [2.75, 3.05) is 0 Å². The van der Waals surface area contributed by atoms with E-state index >= 15 is 0 Å². The number of halogens is 1. The van der Waals surface area contributed by atoms with E-state index in [4.69, 9.17) is 0 Å². The van der Waals surface area contributed by atoms with E-state index in [1.807, 2.05) is 11.0 Å². The molecule has 0 spiro atoms. The highest BCUT2D eigenvalue weighted by Crippen LogP contribution is 2.35. The number of carbonyl (C=O) groups is 1. The largest absolute Gasteiger partial charge is 0.334 e. The van der Waals surface area contributed by atoms with E-state index in [-0.39, 0.29) is 18.0 Å². The van der Waals surface area contributed by atoms with E-state index in [0.717, 1.165) is 17.3 Å². The molecule has 0 saturated heterocycles. The third-order valence-corrected chi connectivity index (χ3v) is 4.93. The summed E-state index contributed by atoms with van der Waals surface area (Å²) in [6, 6.07) is 8.84. The van der Waals surface area contributed by atoms with Crippen molar-refractivity contribution >= 4 is 26.3 Å². The third-order valence-electron chi connectivity index (χ3n) is 3.99. The van der Waals surface area contributed by atoms with Gasteiger partial charge in [0.15, 0.2) is 0 Å². The van der Waals surface area contributed by atoms with Gasteiger partial charge in [-0.25, -0.2) is 0 Å². The predicted molar refractivity (Wildman–Crippen MR) is 96.9 cm³/mol. The summed E-state index contributed by atoms with van der Waals surface area (Å²) in [5.41, 5.74) is 3.80. The average Bonchev–Trinajstić information content (AvgIpc) is 2.46. The number of benzene rings is 1. The van der Waals surface area contributed by atoms with Crippen molar-refractivity contribution in [2.45, 2.75) is 52.6 Å². The second-order valence-electron chi connectivity index (χ2n) is 6.26. The fraction of sp³-hybridized carbons (Fsp3) is 0.421. The van der Waals surface area contributed by atoms with Crippen LogP contribution >= 0.6 is 15.9 Å². The van der Waals surface area contributed by atoms with Crippen molar-refractivity contribution in [2.24, 2.45) is 0 Å². The Morgan fingerprint density at radius 3 is 2.41 bits per heavy atom. The van der Waals surface area contributed by atoms with E-state index < -0.39 is 0 Å². The topological polar surface area (TPSA) is 20.3 Å². The summed E-state index contributed by atoms with van der Waals surface area (Å²) >= 11 is 3.70. The van der Waals surface area contributed by atoms with Crippen LogP contribution in [0.1, 0.15) is 45.2 Å². The average molecular weight is 362 g/mol. The predicted octanol–water partition coefficient (Wildman–Crippen LogP) is 4.94. The van der Waals surface area contributed by atoms with E-state index in [0.29, 0.717) is 0 Å². The van der Waals surface area contributed by atoms with Crippen LogP contribution in [0.25, 0.3) is 4.48 Å². The SMILES string of the molecule is CC(C)N(C(=O)/C=C/C1=C(Br)c2ccccc2CC1)C(C)C. The highest BCUT2D eigenvalue weighted by molar-refractivity contribution is 9.15. The number of nitrogens with zero attached hydrogens (tertiary/aromatic N) is 1. The van der Waals surface area contributed by atoms with Gasteiger partial charge >= 0.3 is 0 Å². The van der Waals surface area contributed by atoms with Gasteiger partial charge in [0, 0.05) is 22.6 Å². The minimum absolute atomic E-state index is 0.0802. The Morgan fingerprint density at radius 1 is 1.14 bits per heavy atom. The van der Waals surface area contributed by atoms with Crippen LogP contribution in [0.2, 0.25) is 0 Å². The van der Waals surface area contributed by atoms with Crippen molar-refractivity contribution in [3.63, 3.8) is 0 Å². The van der Waals surface area contributed by atoms with Crippen molar-refractivity contribution in [1.29, 1.82) is 0 Å². The minimum atomic E-state index is 0.0802. The normalized spacial score (nSPS) is 14.9. The summed E-state index contributed by atoms with van der Waals surface area (Å²) in [5.74, 6) is 0.0802. The van der Waals surface area contributed by atoms with Gasteiger partial charge in [0.25, 0.3) is 0 Å². The molecule has 118 valence electrons.